The van der Waals surface area contributed by atoms with E-state index in [2.05, 4.69) is 57.1 Å². The topological polar surface area (TPSA) is 41.9 Å². The molecule has 4 nitrogen and oxygen atoms in total. The van der Waals surface area contributed by atoms with Crippen LogP contribution in [0.4, 0.5) is 0 Å². The zero-order valence-corrected chi connectivity index (χ0v) is 14.9. The molecule has 1 heterocycles. The molecule has 0 N–H and O–H groups in total. The normalized spacial score (nSPS) is 17.6. The van der Waals surface area contributed by atoms with Gasteiger partial charge in [0.1, 0.15) is 0 Å². The van der Waals surface area contributed by atoms with E-state index in [9.17, 15) is 4.79 Å². The van der Waals surface area contributed by atoms with Crippen molar-refractivity contribution in [2.75, 3.05) is 13.1 Å². The Kier molecular flexibility index (Phi) is 5.45. The Morgan fingerprint density at radius 3 is 2.52 bits per heavy atom. The van der Waals surface area contributed by atoms with E-state index in [0.717, 1.165) is 17.7 Å². The minimum absolute atomic E-state index is 0.00456. The van der Waals surface area contributed by atoms with Crippen LogP contribution in [0.15, 0.2) is 29.4 Å². The Bertz CT molecular complexity index is 570. The van der Waals surface area contributed by atoms with Gasteiger partial charge in [0.15, 0.2) is 6.10 Å². The average Bonchev–Trinajstić information content (AvgIpc) is 2.92. The number of rotatable bonds is 5. The van der Waals surface area contributed by atoms with E-state index in [4.69, 9.17) is 4.84 Å². The highest BCUT2D eigenvalue weighted by Gasteiger charge is 2.27. The molecule has 0 aromatic heterocycles. The third kappa shape index (κ3) is 5.08. The summed E-state index contributed by atoms with van der Waals surface area (Å²) in [5.41, 5.74) is 3.30. The van der Waals surface area contributed by atoms with Crippen LogP contribution in [0.3, 0.4) is 0 Å². The van der Waals surface area contributed by atoms with E-state index in [1.165, 1.54) is 5.56 Å². The molecule has 0 fully saturated rings. The third-order valence-corrected chi connectivity index (χ3v) is 3.96. The van der Waals surface area contributed by atoms with Crippen molar-refractivity contribution >= 4 is 11.6 Å². The second kappa shape index (κ2) is 7.16. The Morgan fingerprint density at radius 1 is 1.30 bits per heavy atom. The van der Waals surface area contributed by atoms with Gasteiger partial charge in [-0.05, 0) is 24.8 Å². The summed E-state index contributed by atoms with van der Waals surface area (Å²) in [6.45, 7) is 11.6. The molecule has 0 radical (unpaired) electrons. The molecule has 1 atom stereocenters. The summed E-state index contributed by atoms with van der Waals surface area (Å²) in [5, 5.41) is 4.22. The predicted molar refractivity (Wildman–Crippen MR) is 93.5 cm³/mol. The standard InChI is InChI=1S/C19H28N2O2/c1-6-21(18(22)12-19(3,4)5)13-16-11-17(20-23-16)15-9-7-14(2)8-10-15/h7-10,16H,6,11-13H2,1-5H3/t16-/m0/s1. The molecule has 0 saturated carbocycles. The summed E-state index contributed by atoms with van der Waals surface area (Å²) in [6.07, 6.45) is 1.26. The molecule has 0 aliphatic carbocycles. The number of aryl methyl sites for hydroxylation is 1. The van der Waals surface area contributed by atoms with Gasteiger partial charge in [0, 0.05) is 19.4 Å². The Hall–Kier alpha value is -1.84. The minimum atomic E-state index is -0.0461. The van der Waals surface area contributed by atoms with Crippen LogP contribution in [-0.4, -0.2) is 35.7 Å². The molecule has 4 heteroatoms. The van der Waals surface area contributed by atoms with Crippen molar-refractivity contribution in [2.45, 2.75) is 53.6 Å². The fourth-order valence-corrected chi connectivity index (χ4v) is 2.66. The number of oxime groups is 1. The van der Waals surface area contributed by atoms with Crippen LogP contribution in [0.2, 0.25) is 0 Å². The minimum Gasteiger partial charge on any atom is -0.390 e. The van der Waals surface area contributed by atoms with Gasteiger partial charge >= 0.3 is 0 Å². The van der Waals surface area contributed by atoms with Crippen molar-refractivity contribution in [3.8, 4) is 0 Å². The van der Waals surface area contributed by atoms with Gasteiger partial charge in [0.05, 0.1) is 12.3 Å². The van der Waals surface area contributed by atoms with Gasteiger partial charge in [-0.3, -0.25) is 4.79 Å². The number of likely N-dealkylation sites (N-methyl/N-ethyl adjacent to an activating group) is 1. The van der Waals surface area contributed by atoms with Gasteiger partial charge in [0.25, 0.3) is 0 Å². The molecule has 1 aromatic carbocycles. The quantitative estimate of drug-likeness (QED) is 0.829. The summed E-state index contributed by atoms with van der Waals surface area (Å²) in [7, 11) is 0. The summed E-state index contributed by atoms with van der Waals surface area (Å²) in [4.78, 5) is 19.8. The first-order valence-electron chi connectivity index (χ1n) is 8.36. The van der Waals surface area contributed by atoms with Crippen LogP contribution >= 0.6 is 0 Å². The van der Waals surface area contributed by atoms with E-state index >= 15 is 0 Å². The zero-order valence-electron chi connectivity index (χ0n) is 14.9. The van der Waals surface area contributed by atoms with Crippen LogP contribution in [0.25, 0.3) is 0 Å². The van der Waals surface area contributed by atoms with Crippen LogP contribution in [0.5, 0.6) is 0 Å². The second-order valence-corrected chi connectivity index (χ2v) is 7.51. The largest absolute Gasteiger partial charge is 0.390 e. The summed E-state index contributed by atoms with van der Waals surface area (Å²) < 4.78 is 0. The molecular formula is C19H28N2O2. The van der Waals surface area contributed by atoms with Crippen molar-refractivity contribution in [3.63, 3.8) is 0 Å². The number of carbonyl (C=O) groups excluding carboxylic acids is 1. The average molecular weight is 316 g/mol. The number of hydrogen-bond acceptors (Lipinski definition) is 3. The molecule has 1 amide bonds. The molecule has 0 bridgehead atoms. The summed E-state index contributed by atoms with van der Waals surface area (Å²) in [6, 6.07) is 8.30. The van der Waals surface area contributed by atoms with E-state index < -0.39 is 0 Å². The molecule has 126 valence electrons. The van der Waals surface area contributed by atoms with Crippen molar-refractivity contribution in [3.05, 3.63) is 35.4 Å². The Morgan fingerprint density at radius 2 is 1.96 bits per heavy atom. The Labute approximate surface area is 139 Å². The zero-order chi connectivity index (χ0) is 17.0. The Balaban J connectivity index is 1.92. The van der Waals surface area contributed by atoms with Gasteiger partial charge in [-0.25, -0.2) is 0 Å². The van der Waals surface area contributed by atoms with E-state index in [1.54, 1.807) is 0 Å². The molecule has 1 aromatic rings. The SMILES string of the molecule is CCN(C[C@@H]1CC(c2ccc(C)cc2)=NO1)C(=O)CC(C)(C)C. The monoisotopic (exact) mass is 316 g/mol. The van der Waals surface area contributed by atoms with E-state index in [0.29, 0.717) is 19.5 Å². The van der Waals surface area contributed by atoms with Gasteiger partial charge in [-0.1, -0.05) is 55.8 Å². The maximum absolute atomic E-state index is 12.4. The maximum Gasteiger partial charge on any atom is 0.223 e. The lowest BCUT2D eigenvalue weighted by molar-refractivity contribution is -0.134. The summed E-state index contributed by atoms with van der Waals surface area (Å²) >= 11 is 0. The smallest absolute Gasteiger partial charge is 0.223 e. The number of hydrogen-bond donors (Lipinski definition) is 0. The maximum atomic E-state index is 12.4. The van der Waals surface area contributed by atoms with Gasteiger partial charge in [0.2, 0.25) is 5.91 Å². The van der Waals surface area contributed by atoms with E-state index in [1.807, 2.05) is 11.8 Å². The molecular weight excluding hydrogens is 288 g/mol. The van der Waals surface area contributed by atoms with Crippen LogP contribution < -0.4 is 0 Å². The third-order valence-electron chi connectivity index (χ3n) is 3.96. The number of carbonyl (C=O) groups is 1. The fourth-order valence-electron chi connectivity index (χ4n) is 2.66. The van der Waals surface area contributed by atoms with Crippen LogP contribution in [-0.2, 0) is 9.63 Å². The molecule has 1 aliphatic heterocycles. The van der Waals surface area contributed by atoms with Crippen LogP contribution in [0.1, 0.15) is 51.7 Å². The highest BCUT2D eigenvalue weighted by molar-refractivity contribution is 6.01. The van der Waals surface area contributed by atoms with Gasteiger partial charge in [-0.2, -0.15) is 0 Å². The van der Waals surface area contributed by atoms with Crippen molar-refractivity contribution in [1.82, 2.24) is 4.90 Å². The highest BCUT2D eigenvalue weighted by atomic mass is 16.6. The van der Waals surface area contributed by atoms with Gasteiger partial charge in [-0.15, -0.1) is 0 Å². The van der Waals surface area contributed by atoms with Crippen molar-refractivity contribution in [2.24, 2.45) is 10.6 Å². The van der Waals surface area contributed by atoms with Crippen LogP contribution in [0, 0.1) is 12.3 Å². The fraction of sp³-hybridized carbons (Fsp3) is 0.579. The first-order valence-corrected chi connectivity index (χ1v) is 8.36. The number of nitrogens with zero attached hydrogens (tertiary/aromatic N) is 2. The lowest BCUT2D eigenvalue weighted by atomic mass is 9.91. The molecule has 23 heavy (non-hydrogen) atoms. The number of benzene rings is 1. The predicted octanol–water partition coefficient (Wildman–Crippen LogP) is 3.77. The molecule has 0 spiro atoms. The van der Waals surface area contributed by atoms with E-state index in [-0.39, 0.29) is 17.4 Å². The highest BCUT2D eigenvalue weighted by Crippen LogP contribution is 2.22. The lowest BCUT2D eigenvalue weighted by Gasteiger charge is -2.27. The molecule has 0 saturated heterocycles. The van der Waals surface area contributed by atoms with Gasteiger partial charge < -0.3 is 9.74 Å². The lowest BCUT2D eigenvalue weighted by Crippen LogP contribution is -2.39. The van der Waals surface area contributed by atoms with Crippen molar-refractivity contribution < 1.29 is 9.63 Å². The molecule has 1 aliphatic rings. The molecule has 0 unspecified atom stereocenters. The first kappa shape index (κ1) is 17.5. The first-order chi connectivity index (χ1) is 10.8. The van der Waals surface area contributed by atoms with Crippen molar-refractivity contribution in [1.29, 1.82) is 0 Å². The summed E-state index contributed by atoms with van der Waals surface area (Å²) in [5.74, 6) is 0.187. The second-order valence-electron chi connectivity index (χ2n) is 7.51. The molecule has 2 rings (SSSR count). The number of amides is 1.